The van der Waals surface area contributed by atoms with Gasteiger partial charge in [0.2, 0.25) is 0 Å². The zero-order valence-corrected chi connectivity index (χ0v) is 14.5. The van der Waals surface area contributed by atoms with E-state index in [1.807, 2.05) is 33.0 Å². The molecule has 0 aliphatic rings. The maximum absolute atomic E-state index is 9.24. The molecule has 0 unspecified atom stereocenters. The minimum absolute atomic E-state index is 0.422. The first-order chi connectivity index (χ1) is 10.9. The molecule has 0 radical (unpaired) electrons. The molecule has 120 valence electrons. The SMILES string of the molecule is C=C(C)/C(C(=C)C#N)=C(C)\C(=C/CC)c1cnc(CN)cc1C. The minimum Gasteiger partial charge on any atom is -0.325 e. The van der Waals surface area contributed by atoms with E-state index in [0.29, 0.717) is 12.1 Å². The Hall–Kier alpha value is -2.44. The fourth-order valence-corrected chi connectivity index (χ4v) is 2.67. The largest absolute Gasteiger partial charge is 0.325 e. The summed E-state index contributed by atoms with van der Waals surface area (Å²) < 4.78 is 0. The molecule has 3 heteroatoms. The van der Waals surface area contributed by atoms with Gasteiger partial charge < -0.3 is 5.73 Å². The molecular formula is C20H25N3. The molecule has 1 heterocycles. The molecule has 1 rings (SSSR count). The summed E-state index contributed by atoms with van der Waals surface area (Å²) in [6, 6.07) is 4.14. The van der Waals surface area contributed by atoms with Crippen molar-refractivity contribution in [2.45, 2.75) is 40.7 Å². The number of rotatable bonds is 6. The molecular weight excluding hydrogens is 282 g/mol. The van der Waals surface area contributed by atoms with E-state index in [9.17, 15) is 5.26 Å². The third-order valence-corrected chi connectivity index (χ3v) is 3.72. The van der Waals surface area contributed by atoms with Crippen LogP contribution in [-0.4, -0.2) is 4.98 Å². The van der Waals surface area contributed by atoms with E-state index >= 15 is 0 Å². The normalized spacial score (nSPS) is 12.4. The first-order valence-electron chi connectivity index (χ1n) is 7.69. The number of nitrogens with two attached hydrogens (primary N) is 1. The van der Waals surface area contributed by atoms with Gasteiger partial charge in [0.05, 0.1) is 17.3 Å². The first-order valence-corrected chi connectivity index (χ1v) is 7.69. The van der Waals surface area contributed by atoms with E-state index in [0.717, 1.165) is 45.5 Å². The quantitative estimate of drug-likeness (QED) is 0.616. The average Bonchev–Trinajstić information content (AvgIpc) is 2.52. The number of nitriles is 1. The van der Waals surface area contributed by atoms with Crippen LogP contribution in [0, 0.1) is 18.3 Å². The van der Waals surface area contributed by atoms with E-state index in [2.05, 4.69) is 37.2 Å². The number of aromatic nitrogens is 1. The lowest BCUT2D eigenvalue weighted by atomic mass is 9.88. The third-order valence-electron chi connectivity index (χ3n) is 3.72. The number of hydrogen-bond donors (Lipinski definition) is 1. The van der Waals surface area contributed by atoms with Gasteiger partial charge in [-0.25, -0.2) is 0 Å². The number of pyridine rings is 1. The van der Waals surface area contributed by atoms with Gasteiger partial charge in [0.1, 0.15) is 0 Å². The van der Waals surface area contributed by atoms with Crippen molar-refractivity contribution in [3.8, 4) is 6.07 Å². The van der Waals surface area contributed by atoms with Crippen molar-refractivity contribution in [1.29, 1.82) is 5.26 Å². The van der Waals surface area contributed by atoms with E-state index in [4.69, 9.17) is 5.73 Å². The van der Waals surface area contributed by atoms with Crippen LogP contribution in [0.5, 0.6) is 0 Å². The molecule has 0 aromatic carbocycles. The zero-order chi connectivity index (χ0) is 17.6. The predicted molar refractivity (Wildman–Crippen MR) is 97.4 cm³/mol. The molecule has 0 aliphatic carbocycles. The molecule has 0 fully saturated rings. The number of allylic oxidation sites excluding steroid dienone is 6. The molecule has 3 nitrogen and oxygen atoms in total. The minimum atomic E-state index is 0.422. The van der Waals surface area contributed by atoms with Gasteiger partial charge in [-0.05, 0) is 61.1 Å². The summed E-state index contributed by atoms with van der Waals surface area (Å²) in [6.07, 6.45) is 4.88. The molecule has 2 N–H and O–H groups in total. The van der Waals surface area contributed by atoms with Crippen LogP contribution >= 0.6 is 0 Å². The average molecular weight is 307 g/mol. The van der Waals surface area contributed by atoms with Gasteiger partial charge in [-0.15, -0.1) is 0 Å². The highest BCUT2D eigenvalue weighted by Crippen LogP contribution is 2.32. The van der Waals surface area contributed by atoms with Gasteiger partial charge in [0.15, 0.2) is 0 Å². The van der Waals surface area contributed by atoms with Crippen LogP contribution in [0.25, 0.3) is 5.57 Å². The van der Waals surface area contributed by atoms with Gasteiger partial charge in [0, 0.05) is 18.3 Å². The molecule has 0 saturated carbocycles. The molecule has 0 aliphatic heterocycles. The summed E-state index contributed by atoms with van der Waals surface area (Å²) in [4.78, 5) is 4.41. The van der Waals surface area contributed by atoms with Crippen LogP contribution in [0.3, 0.4) is 0 Å². The van der Waals surface area contributed by atoms with Crippen LogP contribution < -0.4 is 5.73 Å². The lowest BCUT2D eigenvalue weighted by molar-refractivity contribution is 0.981. The highest BCUT2D eigenvalue weighted by molar-refractivity contribution is 5.83. The summed E-state index contributed by atoms with van der Waals surface area (Å²) >= 11 is 0. The molecule has 23 heavy (non-hydrogen) atoms. The fraction of sp³-hybridized carbons (Fsp3) is 0.300. The maximum Gasteiger partial charge on any atom is 0.0991 e. The second-order valence-electron chi connectivity index (χ2n) is 5.59. The number of nitrogens with zero attached hydrogens (tertiary/aromatic N) is 2. The van der Waals surface area contributed by atoms with Crippen LogP contribution in [0.2, 0.25) is 0 Å². The van der Waals surface area contributed by atoms with Crippen molar-refractivity contribution in [3.05, 3.63) is 70.6 Å². The number of hydrogen-bond acceptors (Lipinski definition) is 3. The van der Waals surface area contributed by atoms with E-state index in [-0.39, 0.29) is 0 Å². The Morgan fingerprint density at radius 3 is 2.48 bits per heavy atom. The number of aryl methyl sites for hydroxylation is 1. The molecule has 1 aromatic rings. The molecule has 0 amide bonds. The summed E-state index contributed by atoms with van der Waals surface area (Å²) in [5, 5.41) is 9.24. The Kier molecular flexibility index (Phi) is 6.68. The van der Waals surface area contributed by atoms with Crippen molar-refractivity contribution < 1.29 is 0 Å². The van der Waals surface area contributed by atoms with Gasteiger partial charge in [-0.2, -0.15) is 5.26 Å². The smallest absolute Gasteiger partial charge is 0.0991 e. The van der Waals surface area contributed by atoms with Crippen LogP contribution in [0.4, 0.5) is 0 Å². The second-order valence-corrected chi connectivity index (χ2v) is 5.59. The monoisotopic (exact) mass is 307 g/mol. The molecule has 1 aromatic heterocycles. The summed E-state index contributed by atoms with van der Waals surface area (Å²) in [5.74, 6) is 0. The highest BCUT2D eigenvalue weighted by Gasteiger charge is 2.15. The Balaban J connectivity index is 3.60. The molecule has 0 atom stereocenters. The zero-order valence-electron chi connectivity index (χ0n) is 14.5. The van der Waals surface area contributed by atoms with Crippen LogP contribution in [0.15, 0.2) is 53.8 Å². The van der Waals surface area contributed by atoms with E-state index in [1.54, 1.807) is 0 Å². The first kappa shape index (κ1) is 18.6. The van der Waals surface area contributed by atoms with Crippen molar-refractivity contribution >= 4 is 5.57 Å². The Labute approximate surface area is 139 Å². The van der Waals surface area contributed by atoms with Crippen molar-refractivity contribution in [3.63, 3.8) is 0 Å². The predicted octanol–water partition coefficient (Wildman–Crippen LogP) is 4.61. The Morgan fingerprint density at radius 1 is 1.39 bits per heavy atom. The summed E-state index contributed by atoms with van der Waals surface area (Å²) in [7, 11) is 0. The Morgan fingerprint density at radius 2 is 2.04 bits per heavy atom. The second kappa shape index (κ2) is 8.26. The topological polar surface area (TPSA) is 62.7 Å². The van der Waals surface area contributed by atoms with Crippen LogP contribution in [0.1, 0.15) is 44.0 Å². The highest BCUT2D eigenvalue weighted by atomic mass is 14.7. The van der Waals surface area contributed by atoms with Crippen molar-refractivity contribution in [1.82, 2.24) is 4.98 Å². The molecule has 0 spiro atoms. The van der Waals surface area contributed by atoms with Gasteiger partial charge in [-0.3, -0.25) is 4.98 Å². The van der Waals surface area contributed by atoms with Crippen molar-refractivity contribution in [2.75, 3.05) is 0 Å². The summed E-state index contributed by atoms with van der Waals surface area (Å²) in [6.45, 7) is 16.3. The van der Waals surface area contributed by atoms with Crippen LogP contribution in [-0.2, 0) is 6.54 Å². The third kappa shape index (κ3) is 4.28. The van der Waals surface area contributed by atoms with Gasteiger partial charge in [-0.1, -0.05) is 26.2 Å². The Bertz CT molecular complexity index is 728. The van der Waals surface area contributed by atoms with Gasteiger partial charge in [0.25, 0.3) is 0 Å². The lowest BCUT2D eigenvalue weighted by Gasteiger charge is -2.17. The van der Waals surface area contributed by atoms with Crippen molar-refractivity contribution in [2.24, 2.45) is 5.73 Å². The van der Waals surface area contributed by atoms with E-state index < -0.39 is 0 Å². The van der Waals surface area contributed by atoms with Gasteiger partial charge >= 0.3 is 0 Å². The lowest BCUT2D eigenvalue weighted by Crippen LogP contribution is -2.03. The fourth-order valence-electron chi connectivity index (χ4n) is 2.67. The molecule has 0 bridgehead atoms. The molecule has 0 saturated heterocycles. The van der Waals surface area contributed by atoms with E-state index in [1.165, 1.54) is 0 Å². The maximum atomic E-state index is 9.24. The standard InChI is InChI=1S/C20H25N3/c1-7-8-18(16(6)20(13(2)3)15(5)10-21)19-12-23-17(11-22)9-14(19)4/h8-9,12H,2,5,7,11,22H2,1,3-4,6H3/b18-8+,20-16+. The summed E-state index contributed by atoms with van der Waals surface area (Å²) in [5.41, 5.74) is 12.8.